The number of nitrogens with one attached hydrogen (secondary N) is 1. The predicted molar refractivity (Wildman–Crippen MR) is 125 cm³/mol. The molecule has 0 spiro atoms. The Balaban J connectivity index is 1.57. The molecule has 176 valence electrons. The van der Waals surface area contributed by atoms with E-state index in [0.29, 0.717) is 42.2 Å². The molecular formula is C23H25ClFN2O5P. The van der Waals surface area contributed by atoms with Crippen LogP contribution in [0.1, 0.15) is 31.4 Å². The Hall–Kier alpha value is -2.51. The lowest BCUT2D eigenvalue weighted by Crippen LogP contribution is -2.12. The Morgan fingerprint density at radius 3 is 2.48 bits per heavy atom. The number of halogens is 2. The highest BCUT2D eigenvalue weighted by atomic mass is 35.5. The minimum atomic E-state index is -3.19. The Morgan fingerprint density at radius 2 is 1.85 bits per heavy atom. The highest BCUT2D eigenvalue weighted by Crippen LogP contribution is 2.51. The van der Waals surface area contributed by atoms with Gasteiger partial charge in [-0.1, -0.05) is 28.9 Å². The van der Waals surface area contributed by atoms with Gasteiger partial charge in [-0.25, -0.2) is 4.39 Å². The zero-order valence-electron chi connectivity index (χ0n) is 18.3. The van der Waals surface area contributed by atoms with E-state index in [0.717, 1.165) is 5.56 Å². The predicted octanol–water partition coefficient (Wildman–Crippen LogP) is 6.47. The lowest BCUT2D eigenvalue weighted by Gasteiger charge is -2.17. The summed E-state index contributed by atoms with van der Waals surface area (Å²) in [5.74, 6) is -0.362. The van der Waals surface area contributed by atoms with Gasteiger partial charge >= 0.3 is 7.60 Å². The van der Waals surface area contributed by atoms with Gasteiger partial charge in [0.2, 0.25) is 5.91 Å². The summed E-state index contributed by atoms with van der Waals surface area (Å²) in [7, 11) is -3.19. The second kappa shape index (κ2) is 11.6. The van der Waals surface area contributed by atoms with Crippen LogP contribution in [0.3, 0.4) is 0 Å². The van der Waals surface area contributed by atoms with E-state index in [9.17, 15) is 13.8 Å². The van der Waals surface area contributed by atoms with E-state index in [2.05, 4.69) is 10.5 Å². The summed E-state index contributed by atoms with van der Waals surface area (Å²) in [6.45, 7) is 4.12. The molecule has 1 aromatic heterocycles. The fourth-order valence-electron chi connectivity index (χ4n) is 3.22. The Bertz CT molecular complexity index is 1130. The molecule has 0 fully saturated rings. The van der Waals surface area contributed by atoms with Gasteiger partial charge in [-0.05, 0) is 56.2 Å². The van der Waals surface area contributed by atoms with Crippen molar-refractivity contribution in [1.29, 1.82) is 0 Å². The first-order valence-electron chi connectivity index (χ1n) is 10.5. The standard InChI is InChI=1S/C23H25ClFN2O5P/c1-3-30-33(29,31-4-2)15-16-5-9-19(10-6-16)27-22(28)12-8-18-14-26-32-23(18)17-7-11-20(24)21(25)13-17/h5-7,9-11,13-14H,3-4,8,12,15H2,1-2H3,(H,27,28). The van der Waals surface area contributed by atoms with Crippen LogP contribution in [0.25, 0.3) is 11.3 Å². The first kappa shape index (κ1) is 25.1. The number of carbonyl (C=O) groups is 1. The number of nitrogens with zero attached hydrogens (tertiary/aromatic N) is 1. The lowest BCUT2D eigenvalue weighted by molar-refractivity contribution is -0.116. The lowest BCUT2D eigenvalue weighted by atomic mass is 10.1. The molecule has 0 aliphatic heterocycles. The Labute approximate surface area is 196 Å². The quantitative estimate of drug-likeness (QED) is 0.307. The highest BCUT2D eigenvalue weighted by Gasteiger charge is 2.24. The van der Waals surface area contributed by atoms with E-state index < -0.39 is 13.4 Å². The molecular weight excluding hydrogens is 470 g/mol. The van der Waals surface area contributed by atoms with Crippen LogP contribution in [0.2, 0.25) is 5.02 Å². The monoisotopic (exact) mass is 494 g/mol. The molecule has 0 bridgehead atoms. The topological polar surface area (TPSA) is 90.7 Å². The Morgan fingerprint density at radius 1 is 1.15 bits per heavy atom. The van der Waals surface area contributed by atoms with Gasteiger partial charge < -0.3 is 18.9 Å². The van der Waals surface area contributed by atoms with Gasteiger partial charge in [-0.2, -0.15) is 0 Å². The van der Waals surface area contributed by atoms with Crippen molar-refractivity contribution in [3.8, 4) is 11.3 Å². The normalized spacial score (nSPS) is 11.5. The van der Waals surface area contributed by atoms with Crippen molar-refractivity contribution < 1.29 is 27.3 Å². The van der Waals surface area contributed by atoms with Crippen LogP contribution in [-0.4, -0.2) is 24.3 Å². The van der Waals surface area contributed by atoms with E-state index in [4.69, 9.17) is 25.2 Å². The van der Waals surface area contributed by atoms with Crippen molar-refractivity contribution in [2.45, 2.75) is 32.9 Å². The number of rotatable bonds is 11. The molecule has 1 N–H and O–H groups in total. The smallest absolute Gasteiger partial charge is 0.335 e. The zero-order valence-corrected chi connectivity index (χ0v) is 20.0. The molecule has 0 aliphatic rings. The van der Waals surface area contributed by atoms with Crippen LogP contribution in [0.5, 0.6) is 0 Å². The second-order valence-electron chi connectivity index (χ2n) is 7.16. The third kappa shape index (κ3) is 6.98. The maximum Gasteiger partial charge on any atom is 0.335 e. The summed E-state index contributed by atoms with van der Waals surface area (Å²) in [5.41, 5.74) is 2.57. The largest absolute Gasteiger partial charge is 0.356 e. The van der Waals surface area contributed by atoms with E-state index in [1.54, 1.807) is 44.2 Å². The number of amides is 1. The SMILES string of the molecule is CCOP(=O)(Cc1ccc(NC(=O)CCc2cnoc2-c2ccc(Cl)c(F)c2)cc1)OCC. The zero-order chi connectivity index (χ0) is 23.8. The molecule has 0 atom stereocenters. The van der Waals surface area contributed by atoms with Gasteiger partial charge in [-0.3, -0.25) is 9.36 Å². The van der Waals surface area contributed by atoms with Gasteiger partial charge in [0.15, 0.2) is 5.76 Å². The number of carbonyl (C=O) groups excluding carboxylic acids is 1. The molecule has 33 heavy (non-hydrogen) atoms. The minimum Gasteiger partial charge on any atom is -0.356 e. The molecule has 0 saturated heterocycles. The average molecular weight is 495 g/mol. The molecule has 1 heterocycles. The maximum atomic E-state index is 13.8. The van der Waals surface area contributed by atoms with Crippen molar-refractivity contribution in [2.24, 2.45) is 0 Å². The maximum absolute atomic E-state index is 13.8. The molecule has 1 amide bonds. The molecule has 0 saturated carbocycles. The molecule has 0 aliphatic carbocycles. The molecule has 2 aromatic carbocycles. The fraction of sp³-hybridized carbons (Fsp3) is 0.304. The average Bonchev–Trinajstić information content (AvgIpc) is 3.24. The third-order valence-corrected chi connectivity index (χ3v) is 7.08. The highest BCUT2D eigenvalue weighted by molar-refractivity contribution is 7.53. The number of benzene rings is 2. The van der Waals surface area contributed by atoms with Gasteiger partial charge in [0.05, 0.1) is 30.6 Å². The number of anilines is 1. The molecule has 0 radical (unpaired) electrons. The first-order valence-corrected chi connectivity index (χ1v) is 12.6. The van der Waals surface area contributed by atoms with Crippen LogP contribution in [0.4, 0.5) is 10.1 Å². The van der Waals surface area contributed by atoms with Crippen LogP contribution in [0.15, 0.2) is 53.2 Å². The summed E-state index contributed by atoms with van der Waals surface area (Å²) < 4.78 is 42.3. The molecule has 7 nitrogen and oxygen atoms in total. The van der Waals surface area contributed by atoms with Crippen LogP contribution < -0.4 is 5.32 Å². The van der Waals surface area contributed by atoms with Crippen molar-refractivity contribution in [2.75, 3.05) is 18.5 Å². The van der Waals surface area contributed by atoms with Gasteiger partial charge in [0.25, 0.3) is 0 Å². The van der Waals surface area contributed by atoms with Crippen molar-refractivity contribution >= 4 is 30.8 Å². The number of aromatic nitrogens is 1. The summed E-state index contributed by atoms with van der Waals surface area (Å²) in [5, 5.41) is 6.61. The summed E-state index contributed by atoms with van der Waals surface area (Å²) in [6.07, 6.45) is 2.21. The van der Waals surface area contributed by atoms with Crippen molar-refractivity contribution in [3.63, 3.8) is 0 Å². The molecule has 10 heteroatoms. The van der Waals surface area contributed by atoms with Crippen molar-refractivity contribution in [3.05, 3.63) is 70.6 Å². The van der Waals surface area contributed by atoms with E-state index in [-0.39, 0.29) is 23.5 Å². The van der Waals surface area contributed by atoms with Gasteiger partial charge in [0, 0.05) is 23.2 Å². The van der Waals surface area contributed by atoms with Gasteiger partial charge in [0.1, 0.15) is 5.82 Å². The summed E-state index contributed by atoms with van der Waals surface area (Å²) >= 11 is 5.73. The van der Waals surface area contributed by atoms with Crippen LogP contribution in [-0.2, 0) is 31.0 Å². The minimum absolute atomic E-state index is 0.0174. The Kier molecular flexibility index (Phi) is 8.80. The van der Waals surface area contributed by atoms with E-state index in [1.807, 2.05) is 0 Å². The fourth-order valence-corrected chi connectivity index (χ4v) is 5.04. The molecule has 0 unspecified atom stereocenters. The summed E-state index contributed by atoms with van der Waals surface area (Å²) in [4.78, 5) is 12.4. The number of aryl methyl sites for hydroxylation is 1. The number of hydrogen-bond donors (Lipinski definition) is 1. The summed E-state index contributed by atoms with van der Waals surface area (Å²) in [6, 6.07) is 11.3. The number of hydrogen-bond acceptors (Lipinski definition) is 6. The first-order chi connectivity index (χ1) is 15.8. The van der Waals surface area contributed by atoms with E-state index in [1.165, 1.54) is 18.3 Å². The van der Waals surface area contributed by atoms with E-state index >= 15 is 0 Å². The molecule has 3 aromatic rings. The van der Waals surface area contributed by atoms with Gasteiger partial charge in [-0.15, -0.1) is 0 Å². The van der Waals surface area contributed by atoms with Crippen LogP contribution >= 0.6 is 19.2 Å². The third-order valence-electron chi connectivity index (χ3n) is 4.71. The van der Waals surface area contributed by atoms with Crippen molar-refractivity contribution in [1.82, 2.24) is 5.16 Å². The van der Waals surface area contributed by atoms with Crippen LogP contribution in [0, 0.1) is 5.82 Å². The molecule has 3 rings (SSSR count). The second-order valence-corrected chi connectivity index (χ2v) is 9.62.